The molecule has 3 rings (SSSR count). The van der Waals surface area contributed by atoms with E-state index in [1.807, 2.05) is 10.6 Å². The molecule has 0 amide bonds. The van der Waals surface area contributed by atoms with E-state index < -0.39 is 0 Å². The zero-order valence-electron chi connectivity index (χ0n) is 16.2. The van der Waals surface area contributed by atoms with Gasteiger partial charge in [-0.2, -0.15) is 0 Å². The Hall–Kier alpha value is 0.0800. The van der Waals surface area contributed by atoms with Crippen molar-refractivity contribution in [2.75, 3.05) is 0 Å². The highest BCUT2D eigenvalue weighted by Gasteiger charge is 2.40. The predicted octanol–water partition coefficient (Wildman–Crippen LogP) is 6.60. The molecule has 0 saturated carbocycles. The van der Waals surface area contributed by atoms with Crippen molar-refractivity contribution in [2.45, 2.75) is 102 Å². The van der Waals surface area contributed by atoms with Gasteiger partial charge in [-0.1, -0.05) is 67.8 Å². The fraction of sp³-hybridized carbons (Fsp3) is 0.727. The highest BCUT2D eigenvalue weighted by molar-refractivity contribution is 7.73. The van der Waals surface area contributed by atoms with Gasteiger partial charge in [-0.05, 0) is 84.6 Å². The normalized spacial score (nSPS) is 36.3. The first-order chi connectivity index (χ1) is 11.7. The summed E-state index contributed by atoms with van der Waals surface area (Å²) >= 11 is 0. The topological polar surface area (TPSA) is 0 Å². The molecule has 24 heavy (non-hydrogen) atoms. The van der Waals surface area contributed by atoms with Gasteiger partial charge in [-0.25, -0.2) is 0 Å². The summed E-state index contributed by atoms with van der Waals surface area (Å²) in [5.74, 6) is 0. The van der Waals surface area contributed by atoms with Crippen LogP contribution in [0.3, 0.4) is 0 Å². The molecule has 1 aromatic carbocycles. The Labute approximate surface area is 152 Å². The Morgan fingerprint density at radius 2 is 0.917 bits per heavy atom. The molecule has 0 aliphatic carbocycles. The Morgan fingerprint density at radius 1 is 0.625 bits per heavy atom. The fourth-order valence-corrected chi connectivity index (χ4v) is 13.1. The van der Waals surface area contributed by atoms with E-state index in [1.165, 1.54) is 51.4 Å². The third-order valence-electron chi connectivity index (χ3n) is 6.56. The van der Waals surface area contributed by atoms with E-state index in [9.17, 15) is 0 Å². The molecular weight excluding hydrogens is 326 g/mol. The van der Waals surface area contributed by atoms with Crippen molar-refractivity contribution in [1.82, 2.24) is 0 Å². The average molecular weight is 362 g/mol. The third-order valence-corrected chi connectivity index (χ3v) is 14.3. The number of benzene rings is 1. The van der Waals surface area contributed by atoms with Crippen molar-refractivity contribution in [2.24, 2.45) is 0 Å². The summed E-state index contributed by atoms with van der Waals surface area (Å²) in [6.07, 6.45) is 11.5. The lowest BCUT2D eigenvalue weighted by molar-refractivity contribution is 0.696. The molecule has 2 heteroatoms. The molecule has 0 radical (unpaired) electrons. The van der Waals surface area contributed by atoms with Crippen LogP contribution in [0.25, 0.3) is 0 Å². The van der Waals surface area contributed by atoms with Crippen LogP contribution in [-0.2, 0) is 0 Å². The van der Waals surface area contributed by atoms with E-state index in [0.29, 0.717) is 0 Å². The van der Waals surface area contributed by atoms with Crippen LogP contribution in [0.4, 0.5) is 0 Å². The van der Waals surface area contributed by atoms with Gasteiger partial charge in [0.2, 0.25) is 0 Å². The minimum Gasteiger partial charge on any atom is -0.0683 e. The van der Waals surface area contributed by atoms with Gasteiger partial charge in [0.15, 0.2) is 0 Å². The summed E-state index contributed by atoms with van der Waals surface area (Å²) in [5.41, 5.74) is 3.96. The average Bonchev–Trinajstić information content (AvgIpc) is 3.24. The highest BCUT2D eigenvalue weighted by atomic mass is 31.1. The van der Waals surface area contributed by atoms with E-state index in [2.05, 4.69) is 52.0 Å². The lowest BCUT2D eigenvalue weighted by atomic mass is 10.1. The Bertz CT molecular complexity index is 455. The van der Waals surface area contributed by atoms with Gasteiger partial charge in [0, 0.05) is 0 Å². The van der Waals surface area contributed by atoms with Gasteiger partial charge in [0.05, 0.1) is 0 Å². The van der Waals surface area contributed by atoms with Gasteiger partial charge in [0.25, 0.3) is 0 Å². The maximum absolute atomic E-state index is 2.55. The fourth-order valence-electron chi connectivity index (χ4n) is 5.21. The van der Waals surface area contributed by atoms with Crippen molar-refractivity contribution >= 4 is 26.5 Å². The van der Waals surface area contributed by atoms with Gasteiger partial charge in [0.1, 0.15) is 0 Å². The smallest absolute Gasteiger partial charge is 0.0158 e. The SMILES string of the molecule is CCC1CCC(CC)P1c1ccccc1P1C(CC)CCC1CC. The van der Waals surface area contributed by atoms with Crippen LogP contribution >= 0.6 is 15.8 Å². The first-order valence-electron chi connectivity index (χ1n) is 10.4. The van der Waals surface area contributed by atoms with Crippen molar-refractivity contribution in [3.63, 3.8) is 0 Å². The Balaban J connectivity index is 2.01. The van der Waals surface area contributed by atoms with E-state index in [0.717, 1.165) is 22.6 Å². The minimum atomic E-state index is 0.0639. The van der Waals surface area contributed by atoms with Gasteiger partial charge >= 0.3 is 0 Å². The van der Waals surface area contributed by atoms with E-state index in [1.54, 1.807) is 0 Å². The zero-order valence-corrected chi connectivity index (χ0v) is 18.0. The summed E-state index contributed by atoms with van der Waals surface area (Å²) in [6, 6.07) is 9.79. The van der Waals surface area contributed by atoms with Crippen LogP contribution in [0.5, 0.6) is 0 Å². The monoisotopic (exact) mass is 362 g/mol. The second kappa shape index (κ2) is 8.64. The van der Waals surface area contributed by atoms with Gasteiger partial charge in [-0.3, -0.25) is 0 Å². The molecule has 134 valence electrons. The van der Waals surface area contributed by atoms with Crippen molar-refractivity contribution in [3.05, 3.63) is 24.3 Å². The standard InChI is InChI=1S/C22H36P2/c1-5-17-13-14-18(6-2)23(17)21-11-9-10-12-22(21)24-19(7-3)15-16-20(24)8-4/h9-12,17-20H,5-8,13-16H2,1-4H3. The zero-order chi connectivity index (χ0) is 17.1. The molecule has 0 spiro atoms. The Kier molecular flexibility index (Phi) is 6.79. The molecule has 0 bridgehead atoms. The predicted molar refractivity (Wildman–Crippen MR) is 114 cm³/mol. The van der Waals surface area contributed by atoms with Crippen LogP contribution in [-0.4, -0.2) is 22.6 Å². The van der Waals surface area contributed by atoms with Crippen LogP contribution < -0.4 is 10.6 Å². The molecule has 0 nitrogen and oxygen atoms in total. The van der Waals surface area contributed by atoms with E-state index in [-0.39, 0.29) is 15.8 Å². The molecular formula is C22H36P2. The van der Waals surface area contributed by atoms with Crippen LogP contribution in [0, 0.1) is 0 Å². The van der Waals surface area contributed by atoms with Crippen LogP contribution in [0.2, 0.25) is 0 Å². The van der Waals surface area contributed by atoms with Gasteiger partial charge in [-0.15, -0.1) is 0 Å². The van der Waals surface area contributed by atoms with Crippen molar-refractivity contribution < 1.29 is 0 Å². The maximum atomic E-state index is 2.55. The molecule has 2 aliphatic rings. The summed E-state index contributed by atoms with van der Waals surface area (Å²) in [5, 5.41) is 3.68. The first kappa shape index (κ1) is 18.9. The maximum Gasteiger partial charge on any atom is -0.0158 e. The molecule has 2 aliphatic heterocycles. The molecule has 4 atom stereocenters. The van der Waals surface area contributed by atoms with Crippen LogP contribution in [0.1, 0.15) is 79.1 Å². The Morgan fingerprint density at radius 3 is 1.17 bits per heavy atom. The largest absolute Gasteiger partial charge is 0.0683 e. The third kappa shape index (κ3) is 3.48. The number of rotatable bonds is 6. The molecule has 4 unspecified atom stereocenters. The quantitative estimate of drug-likeness (QED) is 0.500. The van der Waals surface area contributed by atoms with Crippen LogP contribution in [0.15, 0.2) is 24.3 Å². The minimum absolute atomic E-state index is 0.0639. The van der Waals surface area contributed by atoms with E-state index in [4.69, 9.17) is 0 Å². The summed E-state index contributed by atoms with van der Waals surface area (Å²) in [7, 11) is 0.128. The van der Waals surface area contributed by atoms with E-state index >= 15 is 0 Å². The van der Waals surface area contributed by atoms with Crippen molar-refractivity contribution in [3.8, 4) is 0 Å². The number of hydrogen-bond acceptors (Lipinski definition) is 0. The summed E-state index contributed by atoms with van der Waals surface area (Å²) in [4.78, 5) is 0. The molecule has 2 fully saturated rings. The molecule has 0 N–H and O–H groups in total. The second-order valence-corrected chi connectivity index (χ2v) is 13.2. The molecule has 1 aromatic rings. The molecule has 2 heterocycles. The highest BCUT2D eigenvalue weighted by Crippen LogP contribution is 2.61. The first-order valence-corrected chi connectivity index (χ1v) is 13.4. The lowest BCUT2D eigenvalue weighted by Gasteiger charge is -2.32. The second-order valence-electron chi connectivity index (χ2n) is 7.71. The van der Waals surface area contributed by atoms with Gasteiger partial charge < -0.3 is 0 Å². The molecule has 0 aromatic heterocycles. The van der Waals surface area contributed by atoms with Crippen molar-refractivity contribution in [1.29, 1.82) is 0 Å². The summed E-state index contributed by atoms with van der Waals surface area (Å²) in [6.45, 7) is 9.74. The number of hydrogen-bond donors (Lipinski definition) is 0. The summed E-state index contributed by atoms with van der Waals surface area (Å²) < 4.78 is 0. The lowest BCUT2D eigenvalue weighted by Crippen LogP contribution is -2.30. The molecule has 2 saturated heterocycles.